The Hall–Kier alpha value is -2.20. The van der Waals surface area contributed by atoms with Crippen LogP contribution in [0.5, 0.6) is 11.5 Å². The lowest BCUT2D eigenvalue weighted by atomic mass is 10.2. The lowest BCUT2D eigenvalue weighted by Crippen LogP contribution is -2.24. The normalized spacial score (nSPS) is 16.7. The molecule has 0 radical (unpaired) electrons. The van der Waals surface area contributed by atoms with Gasteiger partial charge in [-0.2, -0.15) is 5.26 Å². The monoisotopic (exact) mass is 288 g/mol. The van der Waals surface area contributed by atoms with E-state index >= 15 is 0 Å². The molecule has 3 rings (SSSR count). The Labute approximate surface area is 120 Å². The second kappa shape index (κ2) is 5.43. The number of fused-ring (bicyclic) bond motifs is 1. The molecule has 2 heterocycles. The Morgan fingerprint density at radius 2 is 2.20 bits per heavy atom. The van der Waals surface area contributed by atoms with E-state index in [1.165, 1.54) is 11.8 Å². The molecule has 1 unspecified atom stereocenters. The summed E-state index contributed by atoms with van der Waals surface area (Å²) in [5.74, 6) is 2.49. The first-order valence-electron chi connectivity index (χ1n) is 6.07. The minimum atomic E-state index is -0.293. The third-order valence-corrected chi connectivity index (χ3v) is 3.82. The molecule has 1 aromatic heterocycles. The molecule has 0 saturated carbocycles. The first-order chi connectivity index (χ1) is 9.79. The van der Waals surface area contributed by atoms with Crippen LogP contribution in [0.15, 0.2) is 29.4 Å². The molecule has 20 heavy (non-hydrogen) atoms. The highest BCUT2D eigenvalue weighted by molar-refractivity contribution is 7.99. The molecule has 0 spiro atoms. The van der Waals surface area contributed by atoms with Crippen molar-refractivity contribution in [1.29, 1.82) is 5.26 Å². The molecule has 1 atom stereocenters. The van der Waals surface area contributed by atoms with Crippen molar-refractivity contribution >= 4 is 11.8 Å². The Morgan fingerprint density at radius 3 is 3.00 bits per heavy atom. The van der Waals surface area contributed by atoms with Gasteiger partial charge in [0.2, 0.25) is 0 Å². The highest BCUT2D eigenvalue weighted by Gasteiger charge is 2.27. The molecule has 1 aromatic carbocycles. The summed E-state index contributed by atoms with van der Waals surface area (Å²) in [5.41, 5.74) is 0. The summed E-state index contributed by atoms with van der Waals surface area (Å²) >= 11 is 1.35. The van der Waals surface area contributed by atoms with Crippen LogP contribution in [0.1, 0.15) is 11.9 Å². The van der Waals surface area contributed by atoms with Gasteiger partial charge in [0.25, 0.3) is 0 Å². The summed E-state index contributed by atoms with van der Waals surface area (Å²) < 4.78 is 13.4. The summed E-state index contributed by atoms with van der Waals surface area (Å²) in [6.07, 6.45) is -0.293. The first-order valence-corrected chi connectivity index (χ1v) is 7.05. The summed E-state index contributed by atoms with van der Waals surface area (Å²) in [6.45, 7) is 0.395. The van der Waals surface area contributed by atoms with E-state index in [1.54, 1.807) is 0 Å². The van der Waals surface area contributed by atoms with E-state index < -0.39 is 0 Å². The van der Waals surface area contributed by atoms with E-state index in [-0.39, 0.29) is 6.10 Å². The number of hydrogen-bond donors (Lipinski definition) is 0. The molecular formula is C13H12N4O2S. The zero-order chi connectivity index (χ0) is 13.9. The van der Waals surface area contributed by atoms with Gasteiger partial charge in [-0.1, -0.05) is 23.9 Å². The van der Waals surface area contributed by atoms with Crippen molar-refractivity contribution in [1.82, 2.24) is 14.8 Å². The van der Waals surface area contributed by atoms with E-state index in [0.29, 0.717) is 29.1 Å². The van der Waals surface area contributed by atoms with E-state index in [1.807, 2.05) is 35.9 Å². The summed E-state index contributed by atoms with van der Waals surface area (Å²) in [6, 6.07) is 9.61. The van der Waals surface area contributed by atoms with Gasteiger partial charge in [-0.25, -0.2) is 0 Å². The molecule has 102 valence electrons. The van der Waals surface area contributed by atoms with E-state index in [4.69, 9.17) is 14.7 Å². The minimum Gasteiger partial charge on any atom is -0.485 e. The molecule has 6 nitrogen and oxygen atoms in total. The highest BCUT2D eigenvalue weighted by atomic mass is 32.2. The maximum absolute atomic E-state index is 8.61. The van der Waals surface area contributed by atoms with Crippen molar-refractivity contribution in [2.24, 2.45) is 7.05 Å². The van der Waals surface area contributed by atoms with Crippen LogP contribution in [0, 0.1) is 11.3 Å². The van der Waals surface area contributed by atoms with E-state index in [2.05, 4.69) is 16.3 Å². The maximum atomic E-state index is 8.61. The van der Waals surface area contributed by atoms with Gasteiger partial charge in [0, 0.05) is 7.05 Å². The average Bonchev–Trinajstić information content (AvgIpc) is 2.85. The predicted molar refractivity (Wildman–Crippen MR) is 72.6 cm³/mol. The lowest BCUT2D eigenvalue weighted by molar-refractivity contribution is 0.0825. The first kappa shape index (κ1) is 12.8. The molecule has 0 amide bonds. The summed E-state index contributed by atoms with van der Waals surface area (Å²) in [4.78, 5) is 0. The SMILES string of the molecule is Cn1c(SCC#N)nnc1C1COc2ccccc2O1. The molecule has 0 bridgehead atoms. The van der Waals surface area contributed by atoms with Gasteiger partial charge in [0.15, 0.2) is 28.6 Å². The maximum Gasteiger partial charge on any atom is 0.192 e. The molecule has 0 N–H and O–H groups in total. The van der Waals surface area contributed by atoms with Gasteiger partial charge in [-0.15, -0.1) is 10.2 Å². The van der Waals surface area contributed by atoms with Crippen LogP contribution in [-0.4, -0.2) is 27.1 Å². The number of para-hydroxylation sites is 2. The van der Waals surface area contributed by atoms with Gasteiger partial charge in [-0.05, 0) is 12.1 Å². The fourth-order valence-electron chi connectivity index (χ4n) is 1.98. The molecular weight excluding hydrogens is 276 g/mol. The summed E-state index contributed by atoms with van der Waals surface area (Å²) in [7, 11) is 1.86. The van der Waals surface area contributed by atoms with Gasteiger partial charge < -0.3 is 14.0 Å². The number of rotatable bonds is 3. The topological polar surface area (TPSA) is 73.0 Å². The fraction of sp³-hybridized carbons (Fsp3) is 0.308. The summed E-state index contributed by atoms with van der Waals surface area (Å²) in [5, 5.41) is 17.5. The highest BCUT2D eigenvalue weighted by Crippen LogP contribution is 2.35. The van der Waals surface area contributed by atoms with E-state index in [0.717, 1.165) is 5.75 Å². The van der Waals surface area contributed by atoms with E-state index in [9.17, 15) is 0 Å². The zero-order valence-electron chi connectivity index (χ0n) is 10.8. The Kier molecular flexibility index (Phi) is 3.48. The molecule has 1 aliphatic heterocycles. The molecule has 7 heteroatoms. The van der Waals surface area contributed by atoms with Crippen LogP contribution in [0.2, 0.25) is 0 Å². The van der Waals surface area contributed by atoms with Crippen molar-refractivity contribution in [3.05, 3.63) is 30.1 Å². The van der Waals surface area contributed by atoms with Crippen LogP contribution in [0.4, 0.5) is 0 Å². The minimum absolute atomic E-state index is 0.293. The molecule has 0 fully saturated rings. The Balaban J connectivity index is 1.82. The zero-order valence-corrected chi connectivity index (χ0v) is 11.6. The third-order valence-electron chi connectivity index (χ3n) is 2.93. The number of thioether (sulfide) groups is 1. The number of benzene rings is 1. The van der Waals surface area contributed by atoms with Gasteiger partial charge in [-0.3, -0.25) is 0 Å². The second-order valence-electron chi connectivity index (χ2n) is 4.21. The van der Waals surface area contributed by atoms with Gasteiger partial charge >= 0.3 is 0 Å². The molecule has 0 aliphatic carbocycles. The number of nitriles is 1. The van der Waals surface area contributed by atoms with Crippen LogP contribution in [-0.2, 0) is 7.05 Å². The standard InChI is InChI=1S/C13H12N4O2S/c1-17-12(15-16-13(17)20-7-6-14)11-8-18-9-4-2-3-5-10(9)19-11/h2-5,11H,7-8H2,1H3. The number of nitrogens with zero attached hydrogens (tertiary/aromatic N) is 4. The Morgan fingerprint density at radius 1 is 1.40 bits per heavy atom. The Bertz CT molecular complexity index is 665. The molecule has 0 saturated heterocycles. The van der Waals surface area contributed by atoms with Crippen LogP contribution < -0.4 is 9.47 Å². The number of ether oxygens (including phenoxy) is 2. The smallest absolute Gasteiger partial charge is 0.192 e. The van der Waals surface area contributed by atoms with Gasteiger partial charge in [0.05, 0.1) is 11.8 Å². The molecule has 2 aromatic rings. The van der Waals surface area contributed by atoms with Crippen LogP contribution in [0.3, 0.4) is 0 Å². The largest absolute Gasteiger partial charge is 0.485 e. The number of aromatic nitrogens is 3. The second-order valence-corrected chi connectivity index (χ2v) is 5.15. The lowest BCUT2D eigenvalue weighted by Gasteiger charge is -2.25. The average molecular weight is 288 g/mol. The van der Waals surface area contributed by atoms with Crippen molar-refractivity contribution in [3.8, 4) is 17.6 Å². The third kappa shape index (κ3) is 2.30. The van der Waals surface area contributed by atoms with Crippen molar-refractivity contribution in [2.75, 3.05) is 12.4 Å². The quantitative estimate of drug-likeness (QED) is 0.804. The van der Waals surface area contributed by atoms with Crippen molar-refractivity contribution in [2.45, 2.75) is 11.3 Å². The van der Waals surface area contributed by atoms with Gasteiger partial charge in [0.1, 0.15) is 6.61 Å². The van der Waals surface area contributed by atoms with Crippen molar-refractivity contribution in [3.63, 3.8) is 0 Å². The van der Waals surface area contributed by atoms with Crippen LogP contribution in [0.25, 0.3) is 0 Å². The van der Waals surface area contributed by atoms with Crippen molar-refractivity contribution < 1.29 is 9.47 Å². The fourth-order valence-corrected chi connectivity index (χ4v) is 2.56. The predicted octanol–water partition coefficient (Wildman–Crippen LogP) is 1.94. The van der Waals surface area contributed by atoms with Crippen LogP contribution >= 0.6 is 11.8 Å². The molecule has 1 aliphatic rings. The number of hydrogen-bond acceptors (Lipinski definition) is 6.